The number of carbonyl (C=O) groups is 1. The van der Waals surface area contributed by atoms with E-state index >= 15 is 0 Å². The molecule has 0 spiro atoms. The zero-order valence-corrected chi connectivity index (χ0v) is 9.88. The number of fused-ring (bicyclic) bond motifs is 1. The molecule has 1 aliphatic rings. The van der Waals surface area contributed by atoms with Gasteiger partial charge < -0.3 is 10.6 Å². The molecule has 6 heteroatoms. The summed E-state index contributed by atoms with van der Waals surface area (Å²) in [6.45, 7) is 4.11. The molecule has 1 aromatic heterocycles. The first-order valence-corrected chi connectivity index (χ1v) is 5.53. The van der Waals surface area contributed by atoms with E-state index in [-0.39, 0.29) is 17.2 Å². The summed E-state index contributed by atoms with van der Waals surface area (Å²) in [6, 6.07) is 0.0622. The third-order valence-electron chi connectivity index (χ3n) is 2.57. The molecule has 0 radical (unpaired) electrons. The van der Waals surface area contributed by atoms with E-state index in [2.05, 4.69) is 34.4 Å². The van der Waals surface area contributed by atoms with Gasteiger partial charge in [-0.25, -0.2) is 4.98 Å². The van der Waals surface area contributed by atoms with Gasteiger partial charge in [0.2, 0.25) is 11.2 Å². The fourth-order valence-corrected chi connectivity index (χ4v) is 1.73. The molecule has 1 aliphatic heterocycles. The number of halogens is 1. The molecular formula is C10H13ClN4O. The molecule has 86 valence electrons. The average Bonchev–Trinajstić information content (AvgIpc) is 2.36. The fourth-order valence-electron chi connectivity index (χ4n) is 1.59. The number of anilines is 2. The Kier molecular flexibility index (Phi) is 2.96. The van der Waals surface area contributed by atoms with Gasteiger partial charge in [-0.1, -0.05) is 13.8 Å². The summed E-state index contributed by atoms with van der Waals surface area (Å²) in [5.74, 6) is 0.894. The Balaban J connectivity index is 2.36. The highest BCUT2D eigenvalue weighted by Gasteiger charge is 2.24. The molecule has 2 N–H and O–H groups in total. The third-order valence-corrected chi connectivity index (χ3v) is 2.75. The van der Waals surface area contributed by atoms with Gasteiger partial charge in [0, 0.05) is 12.5 Å². The summed E-state index contributed by atoms with van der Waals surface area (Å²) in [7, 11) is 0. The van der Waals surface area contributed by atoms with Crippen LogP contribution in [0.25, 0.3) is 0 Å². The van der Waals surface area contributed by atoms with Gasteiger partial charge in [0.05, 0.1) is 6.20 Å². The van der Waals surface area contributed by atoms with Crippen molar-refractivity contribution in [2.24, 2.45) is 5.92 Å². The maximum absolute atomic E-state index is 11.6. The van der Waals surface area contributed by atoms with Crippen LogP contribution in [0.5, 0.6) is 0 Å². The smallest absolute Gasteiger partial charge is 0.226 e. The highest BCUT2D eigenvalue weighted by Crippen LogP contribution is 2.26. The minimum atomic E-state index is -0.0316. The summed E-state index contributed by atoms with van der Waals surface area (Å²) in [5.41, 5.74) is 0.581. The van der Waals surface area contributed by atoms with E-state index in [9.17, 15) is 4.79 Å². The maximum atomic E-state index is 11.6. The van der Waals surface area contributed by atoms with Crippen LogP contribution in [0.2, 0.25) is 5.28 Å². The molecule has 0 aromatic carbocycles. The van der Waals surface area contributed by atoms with Crippen LogP contribution in [0.1, 0.15) is 20.3 Å². The highest BCUT2D eigenvalue weighted by atomic mass is 35.5. The molecule has 2 heterocycles. The van der Waals surface area contributed by atoms with Gasteiger partial charge in [0.15, 0.2) is 5.82 Å². The predicted octanol–water partition coefficient (Wildman–Crippen LogP) is 1.91. The van der Waals surface area contributed by atoms with Crippen LogP contribution < -0.4 is 10.6 Å². The Morgan fingerprint density at radius 2 is 2.31 bits per heavy atom. The summed E-state index contributed by atoms with van der Waals surface area (Å²) < 4.78 is 0. The third kappa shape index (κ3) is 2.24. The second-order valence-electron chi connectivity index (χ2n) is 4.15. The van der Waals surface area contributed by atoms with E-state index in [1.807, 2.05) is 0 Å². The predicted molar refractivity (Wildman–Crippen MR) is 62.5 cm³/mol. The van der Waals surface area contributed by atoms with Gasteiger partial charge in [0.1, 0.15) is 5.69 Å². The van der Waals surface area contributed by atoms with Gasteiger partial charge in [-0.2, -0.15) is 4.98 Å². The molecule has 1 unspecified atom stereocenters. The van der Waals surface area contributed by atoms with Crippen LogP contribution in [-0.2, 0) is 4.79 Å². The number of rotatable bonds is 1. The molecule has 0 fully saturated rings. The molecule has 1 amide bonds. The number of hydrogen-bond acceptors (Lipinski definition) is 4. The summed E-state index contributed by atoms with van der Waals surface area (Å²) in [6.07, 6.45) is 1.93. The Morgan fingerprint density at radius 1 is 1.56 bits per heavy atom. The SMILES string of the molecule is CC(C)C1CC(=O)Nc2cnc(Cl)nc2N1. The largest absolute Gasteiger partial charge is 0.365 e. The van der Waals surface area contributed by atoms with Crippen molar-refractivity contribution in [2.45, 2.75) is 26.3 Å². The standard InChI is InChI=1S/C10H13ClN4O/c1-5(2)6-3-8(16)13-7-4-12-10(11)15-9(7)14-6/h4-6H,3H2,1-2H3,(H,13,16)(H,12,14,15). The molecule has 1 aromatic rings. The zero-order valence-electron chi connectivity index (χ0n) is 9.12. The molecule has 1 atom stereocenters. The second-order valence-corrected chi connectivity index (χ2v) is 4.49. The van der Waals surface area contributed by atoms with E-state index in [1.165, 1.54) is 6.20 Å². The van der Waals surface area contributed by atoms with Crippen molar-refractivity contribution in [2.75, 3.05) is 10.6 Å². The number of nitrogens with zero attached hydrogens (tertiary/aromatic N) is 2. The number of carbonyl (C=O) groups excluding carboxylic acids is 1. The van der Waals surface area contributed by atoms with Crippen molar-refractivity contribution in [3.63, 3.8) is 0 Å². The second kappa shape index (κ2) is 4.25. The van der Waals surface area contributed by atoms with Gasteiger partial charge in [-0.15, -0.1) is 0 Å². The zero-order chi connectivity index (χ0) is 11.7. The van der Waals surface area contributed by atoms with Crippen molar-refractivity contribution in [1.29, 1.82) is 0 Å². The van der Waals surface area contributed by atoms with Crippen molar-refractivity contribution in [1.82, 2.24) is 9.97 Å². The molecule has 0 saturated heterocycles. The minimum absolute atomic E-state index is 0.0316. The summed E-state index contributed by atoms with van der Waals surface area (Å²) >= 11 is 5.72. The number of amides is 1. The molecule has 0 saturated carbocycles. The Bertz CT molecular complexity index is 421. The fraction of sp³-hybridized carbons (Fsp3) is 0.500. The molecule has 0 aliphatic carbocycles. The monoisotopic (exact) mass is 240 g/mol. The van der Waals surface area contributed by atoms with Gasteiger partial charge in [-0.3, -0.25) is 4.79 Å². The number of nitrogens with one attached hydrogen (secondary N) is 2. The van der Waals surface area contributed by atoms with Crippen LogP contribution >= 0.6 is 11.6 Å². The van der Waals surface area contributed by atoms with Gasteiger partial charge in [0.25, 0.3) is 0 Å². The van der Waals surface area contributed by atoms with E-state index in [0.29, 0.717) is 23.8 Å². The van der Waals surface area contributed by atoms with Gasteiger partial charge >= 0.3 is 0 Å². The minimum Gasteiger partial charge on any atom is -0.365 e. The normalized spacial score (nSPS) is 19.8. The molecule has 5 nitrogen and oxygen atoms in total. The lowest BCUT2D eigenvalue weighted by atomic mass is 10.0. The average molecular weight is 241 g/mol. The van der Waals surface area contributed by atoms with Crippen LogP contribution in [0, 0.1) is 5.92 Å². The lowest BCUT2D eigenvalue weighted by Crippen LogP contribution is -2.28. The topological polar surface area (TPSA) is 66.9 Å². The van der Waals surface area contributed by atoms with Crippen LogP contribution in [0.4, 0.5) is 11.5 Å². The van der Waals surface area contributed by atoms with Crippen molar-refractivity contribution < 1.29 is 4.79 Å². The van der Waals surface area contributed by atoms with E-state index in [0.717, 1.165) is 0 Å². The highest BCUT2D eigenvalue weighted by molar-refractivity contribution is 6.28. The Morgan fingerprint density at radius 3 is 3.00 bits per heavy atom. The van der Waals surface area contributed by atoms with Gasteiger partial charge in [-0.05, 0) is 17.5 Å². The Hall–Kier alpha value is -1.36. The Labute approximate surface area is 98.6 Å². The number of aromatic nitrogens is 2. The van der Waals surface area contributed by atoms with E-state index < -0.39 is 0 Å². The molecular weight excluding hydrogens is 228 g/mol. The van der Waals surface area contributed by atoms with Crippen LogP contribution in [0.3, 0.4) is 0 Å². The first-order chi connectivity index (χ1) is 7.56. The lowest BCUT2D eigenvalue weighted by molar-refractivity contribution is -0.116. The summed E-state index contributed by atoms with van der Waals surface area (Å²) in [5, 5.41) is 6.13. The van der Waals surface area contributed by atoms with Crippen molar-refractivity contribution in [3.8, 4) is 0 Å². The van der Waals surface area contributed by atoms with Crippen molar-refractivity contribution >= 4 is 29.0 Å². The maximum Gasteiger partial charge on any atom is 0.226 e. The number of hydrogen-bond donors (Lipinski definition) is 2. The van der Waals surface area contributed by atoms with E-state index in [4.69, 9.17) is 11.6 Å². The quantitative estimate of drug-likeness (QED) is 0.736. The van der Waals surface area contributed by atoms with Crippen molar-refractivity contribution in [3.05, 3.63) is 11.5 Å². The first-order valence-electron chi connectivity index (χ1n) is 5.15. The molecule has 16 heavy (non-hydrogen) atoms. The lowest BCUT2D eigenvalue weighted by Gasteiger charge is -2.19. The molecule has 2 rings (SSSR count). The molecule has 0 bridgehead atoms. The van der Waals surface area contributed by atoms with Crippen LogP contribution in [0.15, 0.2) is 6.20 Å². The first kappa shape index (κ1) is 11.1. The van der Waals surface area contributed by atoms with Crippen LogP contribution in [-0.4, -0.2) is 21.9 Å². The summed E-state index contributed by atoms with van der Waals surface area (Å²) in [4.78, 5) is 19.5. The van der Waals surface area contributed by atoms with E-state index in [1.54, 1.807) is 0 Å².